The molecule has 130 valence electrons. The predicted octanol–water partition coefficient (Wildman–Crippen LogP) is 4.64. The zero-order valence-corrected chi connectivity index (χ0v) is 14.7. The molecule has 0 spiro atoms. The highest BCUT2D eigenvalue weighted by atomic mass is 16.5. The van der Waals surface area contributed by atoms with Gasteiger partial charge in [-0.15, -0.1) is 0 Å². The molecular weight excluding hydrogens is 316 g/mol. The third-order valence-corrected chi connectivity index (χ3v) is 3.52. The second-order valence-corrected chi connectivity index (χ2v) is 5.74. The van der Waals surface area contributed by atoms with Crippen LogP contribution in [0.5, 0.6) is 17.2 Å². The van der Waals surface area contributed by atoms with Crippen LogP contribution in [0.1, 0.15) is 29.8 Å². The molecule has 4 nitrogen and oxygen atoms in total. The Hall–Kier alpha value is -3.01. The van der Waals surface area contributed by atoms with Crippen molar-refractivity contribution < 1.29 is 19.4 Å². The van der Waals surface area contributed by atoms with Gasteiger partial charge >= 0.3 is 0 Å². The van der Waals surface area contributed by atoms with Gasteiger partial charge in [-0.25, -0.2) is 0 Å². The minimum atomic E-state index is -0.274. The normalized spacial score (nSPS) is 10.5. The number of ketones is 1. The Morgan fingerprint density at radius 1 is 1.08 bits per heavy atom. The molecule has 25 heavy (non-hydrogen) atoms. The average Bonchev–Trinajstić information content (AvgIpc) is 2.60. The summed E-state index contributed by atoms with van der Waals surface area (Å²) < 4.78 is 10.6. The maximum Gasteiger partial charge on any atom is 0.189 e. The van der Waals surface area contributed by atoms with Gasteiger partial charge < -0.3 is 14.6 Å². The van der Waals surface area contributed by atoms with E-state index >= 15 is 0 Å². The highest BCUT2D eigenvalue weighted by Crippen LogP contribution is 2.24. The molecule has 0 fully saturated rings. The van der Waals surface area contributed by atoms with Crippen LogP contribution >= 0.6 is 0 Å². The molecule has 4 heteroatoms. The van der Waals surface area contributed by atoms with Gasteiger partial charge in [0.2, 0.25) is 0 Å². The minimum absolute atomic E-state index is 0.1000. The standard InChI is InChI=1S/C21H22O4/c1-15(2)12-13-25-17-7-4-16(5-8-17)6-11-20(22)19-10-9-18(24-3)14-21(19)23/h4-12,14,23H,13H2,1-3H3/b11-6+. The first-order valence-electron chi connectivity index (χ1n) is 7.95. The summed E-state index contributed by atoms with van der Waals surface area (Å²) in [4.78, 5) is 12.2. The predicted molar refractivity (Wildman–Crippen MR) is 99.4 cm³/mol. The molecule has 0 radical (unpaired) electrons. The summed E-state index contributed by atoms with van der Waals surface area (Å²) in [5.74, 6) is 0.900. The number of rotatable bonds is 7. The molecule has 0 amide bonds. The Kier molecular flexibility index (Phi) is 6.40. The second-order valence-electron chi connectivity index (χ2n) is 5.74. The Bertz CT molecular complexity index is 782. The van der Waals surface area contributed by atoms with Crippen LogP contribution in [0.2, 0.25) is 0 Å². The van der Waals surface area contributed by atoms with Crippen molar-refractivity contribution in [2.45, 2.75) is 13.8 Å². The van der Waals surface area contributed by atoms with Crippen LogP contribution in [0.3, 0.4) is 0 Å². The zero-order chi connectivity index (χ0) is 18.2. The van der Waals surface area contributed by atoms with E-state index in [4.69, 9.17) is 9.47 Å². The van der Waals surface area contributed by atoms with Crippen LogP contribution in [-0.2, 0) is 0 Å². The number of methoxy groups -OCH3 is 1. The number of benzene rings is 2. The van der Waals surface area contributed by atoms with Crippen LogP contribution in [-0.4, -0.2) is 24.6 Å². The number of hydrogen-bond donors (Lipinski definition) is 1. The summed E-state index contributed by atoms with van der Waals surface area (Å²) in [5, 5.41) is 9.89. The molecular formula is C21H22O4. The van der Waals surface area contributed by atoms with Crippen molar-refractivity contribution in [3.05, 3.63) is 71.3 Å². The zero-order valence-electron chi connectivity index (χ0n) is 14.7. The smallest absolute Gasteiger partial charge is 0.189 e. The maximum absolute atomic E-state index is 12.2. The van der Waals surface area contributed by atoms with Crippen molar-refractivity contribution in [2.75, 3.05) is 13.7 Å². The van der Waals surface area contributed by atoms with Crippen molar-refractivity contribution in [2.24, 2.45) is 0 Å². The topological polar surface area (TPSA) is 55.8 Å². The molecule has 0 heterocycles. The van der Waals surface area contributed by atoms with Crippen LogP contribution < -0.4 is 9.47 Å². The van der Waals surface area contributed by atoms with Crippen molar-refractivity contribution >= 4 is 11.9 Å². The first-order chi connectivity index (χ1) is 12.0. The fourth-order valence-electron chi connectivity index (χ4n) is 2.09. The SMILES string of the molecule is COc1ccc(C(=O)/C=C/c2ccc(OCC=C(C)C)cc2)c(O)c1. The van der Waals surface area contributed by atoms with Gasteiger partial charge in [-0.05, 0) is 55.8 Å². The van der Waals surface area contributed by atoms with Crippen LogP contribution in [0.25, 0.3) is 6.08 Å². The number of ether oxygens (including phenoxy) is 2. The first-order valence-corrected chi connectivity index (χ1v) is 7.95. The van der Waals surface area contributed by atoms with Crippen LogP contribution in [0.4, 0.5) is 0 Å². The molecule has 1 N–H and O–H groups in total. The quantitative estimate of drug-likeness (QED) is 0.454. The van der Waals surface area contributed by atoms with Gasteiger partial charge in [0.25, 0.3) is 0 Å². The third-order valence-electron chi connectivity index (χ3n) is 3.52. The lowest BCUT2D eigenvalue weighted by Gasteiger charge is -2.04. The lowest BCUT2D eigenvalue weighted by molar-refractivity contribution is 0.104. The molecule has 2 aromatic rings. The van der Waals surface area contributed by atoms with Crippen molar-refractivity contribution in [3.63, 3.8) is 0 Å². The summed E-state index contributed by atoms with van der Waals surface area (Å²) in [5.41, 5.74) is 2.31. The second kappa shape index (κ2) is 8.73. The third kappa shape index (κ3) is 5.53. The lowest BCUT2D eigenvalue weighted by Crippen LogP contribution is -1.96. The first kappa shape index (κ1) is 18.3. The van der Waals surface area contributed by atoms with E-state index in [9.17, 15) is 9.90 Å². The molecule has 0 atom stereocenters. The van der Waals surface area contributed by atoms with Crippen molar-refractivity contribution in [3.8, 4) is 17.2 Å². The minimum Gasteiger partial charge on any atom is -0.507 e. The summed E-state index contributed by atoms with van der Waals surface area (Å²) in [6.07, 6.45) is 5.14. The summed E-state index contributed by atoms with van der Waals surface area (Å²) in [7, 11) is 1.50. The van der Waals surface area contributed by atoms with E-state index in [1.54, 1.807) is 18.2 Å². The number of phenols is 1. The van der Waals surface area contributed by atoms with E-state index in [0.717, 1.165) is 11.3 Å². The van der Waals surface area contributed by atoms with Gasteiger partial charge in [-0.3, -0.25) is 4.79 Å². The molecule has 2 aromatic carbocycles. The van der Waals surface area contributed by atoms with Gasteiger partial charge in [0.1, 0.15) is 23.9 Å². The molecule has 0 saturated carbocycles. The number of phenolic OH excluding ortho intramolecular Hbond substituents is 1. The van der Waals surface area contributed by atoms with Crippen LogP contribution in [0.15, 0.2) is 60.2 Å². The number of carbonyl (C=O) groups is 1. The van der Waals surface area contributed by atoms with Gasteiger partial charge in [-0.1, -0.05) is 23.8 Å². The van der Waals surface area contributed by atoms with Gasteiger partial charge in [0, 0.05) is 6.07 Å². The summed E-state index contributed by atoms with van der Waals surface area (Å²) in [6.45, 7) is 4.58. The fraction of sp³-hybridized carbons (Fsp3) is 0.190. The van der Waals surface area contributed by atoms with E-state index in [2.05, 4.69) is 0 Å². The van der Waals surface area contributed by atoms with Crippen molar-refractivity contribution in [1.82, 2.24) is 0 Å². The molecule has 0 unspecified atom stereocenters. The monoisotopic (exact) mass is 338 g/mol. The van der Waals surface area contributed by atoms with Crippen molar-refractivity contribution in [1.29, 1.82) is 0 Å². The highest BCUT2D eigenvalue weighted by Gasteiger charge is 2.09. The number of hydrogen-bond acceptors (Lipinski definition) is 4. The Labute approximate surface area is 148 Å². The molecule has 0 saturated heterocycles. The van der Waals surface area contributed by atoms with E-state index in [1.165, 1.54) is 24.8 Å². The average molecular weight is 338 g/mol. The van der Waals surface area contributed by atoms with Gasteiger partial charge in [-0.2, -0.15) is 0 Å². The highest BCUT2D eigenvalue weighted by molar-refractivity contribution is 6.08. The molecule has 0 aliphatic heterocycles. The number of allylic oxidation sites excluding steroid dienone is 2. The Morgan fingerprint density at radius 2 is 1.76 bits per heavy atom. The van der Waals surface area contributed by atoms with E-state index < -0.39 is 0 Å². The summed E-state index contributed by atoms with van der Waals surface area (Å²) in [6, 6.07) is 12.0. The van der Waals surface area contributed by atoms with Gasteiger partial charge in [0.15, 0.2) is 5.78 Å². The number of aromatic hydroxyl groups is 1. The summed E-state index contributed by atoms with van der Waals surface area (Å²) >= 11 is 0. The fourth-order valence-corrected chi connectivity index (χ4v) is 2.09. The largest absolute Gasteiger partial charge is 0.507 e. The maximum atomic E-state index is 12.2. The Morgan fingerprint density at radius 3 is 2.36 bits per heavy atom. The lowest BCUT2D eigenvalue weighted by atomic mass is 10.1. The van der Waals surface area contributed by atoms with Crippen LogP contribution in [0, 0.1) is 0 Å². The molecule has 0 aromatic heterocycles. The number of carbonyl (C=O) groups excluding carboxylic acids is 1. The van der Waals surface area contributed by atoms with E-state index in [0.29, 0.717) is 12.4 Å². The molecule has 0 bridgehead atoms. The molecule has 2 rings (SSSR count). The van der Waals surface area contributed by atoms with E-state index in [1.807, 2.05) is 44.2 Å². The van der Waals surface area contributed by atoms with E-state index in [-0.39, 0.29) is 17.1 Å². The van der Waals surface area contributed by atoms with Gasteiger partial charge in [0.05, 0.1) is 12.7 Å². The molecule has 0 aliphatic carbocycles. The Balaban J connectivity index is 2.01. The molecule has 0 aliphatic rings.